The molecule has 2 aromatic rings. The molecule has 0 spiro atoms. The van der Waals surface area contributed by atoms with Crippen LogP contribution in [0.3, 0.4) is 0 Å². The first-order valence-corrected chi connectivity index (χ1v) is 9.74. The molecule has 22 heavy (non-hydrogen) atoms. The van der Waals surface area contributed by atoms with Gasteiger partial charge in [0.15, 0.2) is 9.84 Å². The van der Waals surface area contributed by atoms with E-state index in [9.17, 15) is 13.2 Å². The van der Waals surface area contributed by atoms with E-state index in [1.165, 1.54) is 11.3 Å². The summed E-state index contributed by atoms with van der Waals surface area (Å²) < 4.78 is 22.8. The molecule has 0 aliphatic carbocycles. The molecule has 1 amide bonds. The second kappa shape index (κ2) is 5.98. The molecule has 8 heteroatoms. The summed E-state index contributed by atoms with van der Waals surface area (Å²) in [5.41, 5.74) is 1.14. The molecule has 1 aliphatic rings. The van der Waals surface area contributed by atoms with Gasteiger partial charge in [0.2, 0.25) is 0 Å². The molecule has 5 nitrogen and oxygen atoms in total. The number of rotatable bonds is 3. The van der Waals surface area contributed by atoms with Crippen molar-refractivity contribution in [1.29, 1.82) is 0 Å². The molecule has 1 saturated heterocycles. The quantitative estimate of drug-likeness (QED) is 0.916. The Morgan fingerprint density at radius 2 is 2.23 bits per heavy atom. The molecule has 116 valence electrons. The predicted molar refractivity (Wildman–Crippen MR) is 87.1 cm³/mol. The van der Waals surface area contributed by atoms with Crippen LogP contribution in [0, 0.1) is 0 Å². The number of hydrogen-bond donors (Lipinski definition) is 1. The molecule has 2 heterocycles. The van der Waals surface area contributed by atoms with Gasteiger partial charge < -0.3 is 5.32 Å². The first kappa shape index (κ1) is 15.5. The summed E-state index contributed by atoms with van der Waals surface area (Å²) in [6, 6.07) is 6.92. The molecule has 1 unspecified atom stereocenters. The SMILES string of the molecule is O=C(NC1CCS(=O)(=O)C1)c1csc(-c2cccc(Cl)c2)n1. The standard InChI is InChI=1S/C14H13ClN2O3S2/c15-10-3-1-2-9(6-10)14-17-12(7-21-14)13(18)16-11-4-5-22(19,20)8-11/h1-3,6-7,11H,4-5,8H2,(H,16,18). The van der Waals surface area contributed by atoms with Gasteiger partial charge in [-0.1, -0.05) is 23.7 Å². The summed E-state index contributed by atoms with van der Waals surface area (Å²) in [7, 11) is -3.01. The van der Waals surface area contributed by atoms with Crippen LogP contribution < -0.4 is 5.32 Å². The summed E-state index contributed by atoms with van der Waals surface area (Å²) in [6.45, 7) is 0. The molecule has 1 aromatic carbocycles. The van der Waals surface area contributed by atoms with Gasteiger partial charge in [-0.2, -0.15) is 0 Å². The van der Waals surface area contributed by atoms with Crippen molar-refractivity contribution in [3.05, 3.63) is 40.4 Å². The number of nitrogens with one attached hydrogen (secondary N) is 1. The highest BCUT2D eigenvalue weighted by Gasteiger charge is 2.29. The highest BCUT2D eigenvalue weighted by Crippen LogP contribution is 2.26. The Balaban J connectivity index is 1.72. The Labute approximate surface area is 137 Å². The average molecular weight is 357 g/mol. The van der Waals surface area contributed by atoms with Crippen LogP contribution in [-0.4, -0.2) is 36.9 Å². The average Bonchev–Trinajstić information content (AvgIpc) is 3.06. The fourth-order valence-corrected chi connectivity index (χ4v) is 4.96. The largest absolute Gasteiger partial charge is 0.347 e. The minimum Gasteiger partial charge on any atom is -0.347 e. The molecule has 1 aliphatic heterocycles. The number of halogens is 1. The first-order chi connectivity index (χ1) is 10.4. The summed E-state index contributed by atoms with van der Waals surface area (Å²) >= 11 is 7.29. The maximum atomic E-state index is 12.1. The van der Waals surface area contributed by atoms with E-state index in [0.29, 0.717) is 22.1 Å². The van der Waals surface area contributed by atoms with Gasteiger partial charge in [0, 0.05) is 22.0 Å². The number of sulfone groups is 1. The Morgan fingerprint density at radius 3 is 2.91 bits per heavy atom. The van der Waals surface area contributed by atoms with Crippen molar-refractivity contribution in [3.63, 3.8) is 0 Å². The van der Waals surface area contributed by atoms with Gasteiger partial charge >= 0.3 is 0 Å². The fraction of sp³-hybridized carbons (Fsp3) is 0.286. The lowest BCUT2D eigenvalue weighted by Crippen LogP contribution is -2.35. The van der Waals surface area contributed by atoms with Crippen molar-refractivity contribution in [2.24, 2.45) is 0 Å². The molecule has 1 fully saturated rings. The van der Waals surface area contributed by atoms with E-state index in [4.69, 9.17) is 11.6 Å². The van der Waals surface area contributed by atoms with Crippen molar-refractivity contribution in [2.75, 3.05) is 11.5 Å². The second-order valence-electron chi connectivity index (χ2n) is 5.12. The zero-order valence-electron chi connectivity index (χ0n) is 11.5. The van der Waals surface area contributed by atoms with Crippen LogP contribution in [0.1, 0.15) is 16.9 Å². The van der Waals surface area contributed by atoms with E-state index >= 15 is 0 Å². The normalized spacial score (nSPS) is 20.0. The molecular weight excluding hydrogens is 344 g/mol. The number of hydrogen-bond acceptors (Lipinski definition) is 5. The van der Waals surface area contributed by atoms with Crippen molar-refractivity contribution in [3.8, 4) is 10.6 Å². The minimum atomic E-state index is -3.01. The van der Waals surface area contributed by atoms with Crippen LogP contribution in [0.15, 0.2) is 29.6 Å². The van der Waals surface area contributed by atoms with Crippen molar-refractivity contribution >= 4 is 38.7 Å². The Morgan fingerprint density at radius 1 is 1.41 bits per heavy atom. The predicted octanol–water partition coefficient (Wildman–Crippen LogP) is 2.38. The Kier molecular flexibility index (Phi) is 4.20. The molecule has 3 rings (SSSR count). The molecule has 0 radical (unpaired) electrons. The van der Waals surface area contributed by atoms with E-state index in [1.54, 1.807) is 17.5 Å². The molecule has 1 aromatic heterocycles. The lowest BCUT2D eigenvalue weighted by molar-refractivity contribution is 0.0937. The number of nitrogens with zero attached hydrogens (tertiary/aromatic N) is 1. The molecular formula is C14H13ClN2O3S2. The number of carbonyl (C=O) groups excluding carboxylic acids is 1. The molecule has 0 bridgehead atoms. The van der Waals surface area contributed by atoms with Crippen LogP contribution in [0.5, 0.6) is 0 Å². The Bertz CT molecular complexity index is 817. The molecule has 1 atom stereocenters. The number of benzene rings is 1. The van der Waals surface area contributed by atoms with Gasteiger partial charge in [-0.3, -0.25) is 4.79 Å². The van der Waals surface area contributed by atoms with Crippen LogP contribution in [0.2, 0.25) is 5.02 Å². The zero-order chi connectivity index (χ0) is 15.7. The van der Waals surface area contributed by atoms with E-state index in [-0.39, 0.29) is 23.5 Å². The molecule has 1 N–H and O–H groups in total. The number of carbonyl (C=O) groups is 1. The topological polar surface area (TPSA) is 76.1 Å². The number of aromatic nitrogens is 1. The lowest BCUT2D eigenvalue weighted by atomic mass is 10.2. The summed E-state index contributed by atoms with van der Waals surface area (Å²) in [5.74, 6) is -0.209. The van der Waals surface area contributed by atoms with E-state index in [2.05, 4.69) is 10.3 Å². The minimum absolute atomic E-state index is 0.00400. The summed E-state index contributed by atoms with van der Waals surface area (Å²) in [6.07, 6.45) is 0.458. The van der Waals surface area contributed by atoms with Gasteiger partial charge in [-0.15, -0.1) is 11.3 Å². The maximum absolute atomic E-state index is 12.1. The smallest absolute Gasteiger partial charge is 0.271 e. The third-order valence-electron chi connectivity index (χ3n) is 3.38. The summed E-state index contributed by atoms with van der Waals surface area (Å²) in [5, 5.41) is 5.70. The van der Waals surface area contributed by atoms with Gasteiger partial charge in [-0.05, 0) is 18.6 Å². The van der Waals surface area contributed by atoms with E-state index < -0.39 is 9.84 Å². The van der Waals surface area contributed by atoms with Gasteiger partial charge in [0.1, 0.15) is 10.7 Å². The van der Waals surface area contributed by atoms with E-state index in [0.717, 1.165) is 5.56 Å². The van der Waals surface area contributed by atoms with Gasteiger partial charge in [-0.25, -0.2) is 13.4 Å². The fourth-order valence-electron chi connectivity index (χ4n) is 2.30. The zero-order valence-corrected chi connectivity index (χ0v) is 13.8. The van der Waals surface area contributed by atoms with Crippen LogP contribution in [0.25, 0.3) is 10.6 Å². The van der Waals surface area contributed by atoms with Crippen LogP contribution in [0.4, 0.5) is 0 Å². The highest BCUT2D eigenvalue weighted by molar-refractivity contribution is 7.91. The third kappa shape index (κ3) is 3.48. The maximum Gasteiger partial charge on any atom is 0.271 e. The monoisotopic (exact) mass is 356 g/mol. The van der Waals surface area contributed by atoms with Crippen LogP contribution in [-0.2, 0) is 9.84 Å². The van der Waals surface area contributed by atoms with E-state index in [1.807, 2.05) is 12.1 Å². The highest BCUT2D eigenvalue weighted by atomic mass is 35.5. The van der Waals surface area contributed by atoms with Crippen LogP contribution >= 0.6 is 22.9 Å². The molecule has 0 saturated carbocycles. The van der Waals surface area contributed by atoms with Gasteiger partial charge in [0.25, 0.3) is 5.91 Å². The number of amides is 1. The van der Waals surface area contributed by atoms with Crippen molar-refractivity contribution in [1.82, 2.24) is 10.3 Å². The number of thiazole rings is 1. The first-order valence-electron chi connectivity index (χ1n) is 6.66. The third-order valence-corrected chi connectivity index (χ3v) is 6.27. The lowest BCUT2D eigenvalue weighted by Gasteiger charge is -2.08. The summed E-state index contributed by atoms with van der Waals surface area (Å²) in [4.78, 5) is 16.4. The Hall–Kier alpha value is -1.44. The van der Waals surface area contributed by atoms with Crippen molar-refractivity contribution < 1.29 is 13.2 Å². The van der Waals surface area contributed by atoms with Crippen molar-refractivity contribution in [2.45, 2.75) is 12.5 Å². The van der Waals surface area contributed by atoms with Gasteiger partial charge in [0.05, 0.1) is 11.5 Å². The second-order valence-corrected chi connectivity index (χ2v) is 8.64.